The monoisotopic (exact) mass is 286 g/mol. The lowest BCUT2D eigenvalue weighted by Crippen LogP contribution is -2.15. The highest BCUT2D eigenvalue weighted by molar-refractivity contribution is 5.92. The average Bonchev–Trinajstić information content (AvgIpc) is 2.49. The van der Waals surface area contributed by atoms with E-state index in [1.165, 1.54) is 0 Å². The van der Waals surface area contributed by atoms with Gasteiger partial charge in [0.15, 0.2) is 11.5 Å². The Labute approximate surface area is 123 Å². The summed E-state index contributed by atoms with van der Waals surface area (Å²) in [6.07, 6.45) is 1.95. The number of amides is 1. The van der Waals surface area contributed by atoms with Crippen molar-refractivity contribution in [3.05, 3.63) is 47.8 Å². The van der Waals surface area contributed by atoms with Gasteiger partial charge in [0.1, 0.15) is 0 Å². The van der Waals surface area contributed by atoms with Crippen LogP contribution in [0.25, 0.3) is 0 Å². The second kappa shape index (κ2) is 6.74. The maximum atomic E-state index is 12.1. The smallest absolute Gasteiger partial charge is 0.228 e. The molecule has 1 heterocycles. The van der Waals surface area contributed by atoms with Crippen molar-refractivity contribution in [2.24, 2.45) is 0 Å². The minimum Gasteiger partial charge on any atom is -0.493 e. The van der Waals surface area contributed by atoms with E-state index in [0.29, 0.717) is 11.5 Å². The highest BCUT2D eigenvalue weighted by atomic mass is 16.5. The van der Waals surface area contributed by atoms with Gasteiger partial charge in [-0.15, -0.1) is 0 Å². The predicted molar refractivity (Wildman–Crippen MR) is 80.9 cm³/mol. The van der Waals surface area contributed by atoms with Crippen LogP contribution >= 0.6 is 0 Å². The van der Waals surface area contributed by atoms with Crippen molar-refractivity contribution in [2.45, 2.75) is 13.3 Å². The number of methoxy groups -OCH3 is 2. The SMILES string of the molecule is COc1ccc(CC(=O)Nc2cccnc2C)cc1OC. The Morgan fingerprint density at radius 2 is 1.95 bits per heavy atom. The number of carbonyl (C=O) groups is 1. The number of nitrogens with one attached hydrogen (secondary N) is 1. The van der Waals surface area contributed by atoms with Crippen molar-refractivity contribution in [2.75, 3.05) is 19.5 Å². The molecular formula is C16H18N2O3. The summed E-state index contributed by atoms with van der Waals surface area (Å²) in [5.74, 6) is 1.16. The lowest BCUT2D eigenvalue weighted by atomic mass is 10.1. The standard InChI is InChI=1S/C16H18N2O3/c1-11-13(5-4-8-17-11)18-16(19)10-12-6-7-14(20-2)15(9-12)21-3/h4-9H,10H2,1-3H3,(H,18,19). The maximum Gasteiger partial charge on any atom is 0.228 e. The molecule has 21 heavy (non-hydrogen) atoms. The van der Waals surface area contributed by atoms with Gasteiger partial charge < -0.3 is 14.8 Å². The third-order valence-electron chi connectivity index (χ3n) is 3.09. The molecule has 0 radical (unpaired) electrons. The third kappa shape index (κ3) is 3.72. The van der Waals surface area contributed by atoms with Gasteiger partial charge in [0.05, 0.1) is 32.0 Å². The molecule has 1 amide bonds. The molecule has 0 aliphatic carbocycles. The van der Waals surface area contributed by atoms with Crippen molar-refractivity contribution in [3.8, 4) is 11.5 Å². The highest BCUT2D eigenvalue weighted by Gasteiger charge is 2.09. The molecule has 0 atom stereocenters. The molecule has 0 aliphatic heterocycles. The zero-order valence-corrected chi connectivity index (χ0v) is 12.3. The number of ether oxygens (including phenoxy) is 2. The number of aromatic nitrogens is 1. The number of carbonyl (C=O) groups excluding carboxylic acids is 1. The lowest BCUT2D eigenvalue weighted by molar-refractivity contribution is -0.115. The highest BCUT2D eigenvalue weighted by Crippen LogP contribution is 2.27. The Morgan fingerprint density at radius 3 is 2.62 bits per heavy atom. The first-order valence-electron chi connectivity index (χ1n) is 6.56. The number of rotatable bonds is 5. The lowest BCUT2D eigenvalue weighted by Gasteiger charge is -2.10. The fourth-order valence-electron chi connectivity index (χ4n) is 1.99. The van der Waals surface area contributed by atoms with Crippen LogP contribution in [0.3, 0.4) is 0 Å². The summed E-state index contributed by atoms with van der Waals surface area (Å²) in [4.78, 5) is 16.2. The van der Waals surface area contributed by atoms with Crippen LogP contribution in [0.1, 0.15) is 11.3 Å². The van der Waals surface area contributed by atoms with Gasteiger partial charge >= 0.3 is 0 Å². The van der Waals surface area contributed by atoms with Crippen molar-refractivity contribution in [3.63, 3.8) is 0 Å². The number of benzene rings is 1. The molecule has 1 aromatic carbocycles. The Hall–Kier alpha value is -2.56. The minimum absolute atomic E-state index is 0.0988. The molecule has 0 bridgehead atoms. The van der Waals surface area contributed by atoms with Gasteiger partial charge in [0, 0.05) is 6.20 Å². The van der Waals surface area contributed by atoms with E-state index in [-0.39, 0.29) is 12.3 Å². The summed E-state index contributed by atoms with van der Waals surface area (Å²) < 4.78 is 10.4. The fourth-order valence-corrected chi connectivity index (χ4v) is 1.99. The van der Waals surface area contributed by atoms with E-state index in [0.717, 1.165) is 16.9 Å². The summed E-state index contributed by atoms with van der Waals surface area (Å²) in [7, 11) is 3.15. The first kappa shape index (κ1) is 14.8. The van der Waals surface area contributed by atoms with E-state index in [9.17, 15) is 4.79 Å². The summed E-state index contributed by atoms with van der Waals surface area (Å²) in [6.45, 7) is 1.85. The van der Waals surface area contributed by atoms with Crippen molar-refractivity contribution in [1.82, 2.24) is 4.98 Å². The molecule has 2 aromatic rings. The molecule has 0 fully saturated rings. The topological polar surface area (TPSA) is 60.5 Å². The molecule has 5 nitrogen and oxygen atoms in total. The molecule has 1 N–H and O–H groups in total. The predicted octanol–water partition coefficient (Wildman–Crippen LogP) is 2.59. The van der Waals surface area contributed by atoms with Crippen LogP contribution < -0.4 is 14.8 Å². The zero-order chi connectivity index (χ0) is 15.2. The van der Waals surface area contributed by atoms with E-state index >= 15 is 0 Å². The first-order chi connectivity index (χ1) is 10.1. The van der Waals surface area contributed by atoms with Crippen molar-refractivity contribution >= 4 is 11.6 Å². The summed E-state index contributed by atoms with van der Waals surface area (Å²) in [6, 6.07) is 9.05. The molecule has 0 saturated heterocycles. The molecule has 0 saturated carbocycles. The van der Waals surface area contributed by atoms with Gasteiger partial charge in [-0.1, -0.05) is 6.07 Å². The second-order valence-electron chi connectivity index (χ2n) is 4.55. The van der Waals surface area contributed by atoms with Gasteiger partial charge in [0.25, 0.3) is 0 Å². The van der Waals surface area contributed by atoms with Gasteiger partial charge in [-0.25, -0.2) is 0 Å². The van der Waals surface area contributed by atoms with Gasteiger partial charge in [0.2, 0.25) is 5.91 Å². The zero-order valence-electron chi connectivity index (χ0n) is 12.3. The van der Waals surface area contributed by atoms with Gasteiger partial charge in [-0.3, -0.25) is 9.78 Å². The minimum atomic E-state index is -0.0988. The fraction of sp³-hybridized carbons (Fsp3) is 0.250. The molecule has 0 unspecified atom stereocenters. The molecule has 0 aliphatic rings. The van der Waals surface area contributed by atoms with Crippen LogP contribution in [-0.4, -0.2) is 25.1 Å². The molecule has 110 valence electrons. The van der Waals surface area contributed by atoms with Crippen LogP contribution in [0, 0.1) is 6.92 Å². The van der Waals surface area contributed by atoms with Crippen molar-refractivity contribution in [1.29, 1.82) is 0 Å². The van der Waals surface area contributed by atoms with E-state index < -0.39 is 0 Å². The molecule has 0 spiro atoms. The maximum absolute atomic E-state index is 12.1. The van der Waals surface area contributed by atoms with E-state index in [1.807, 2.05) is 19.1 Å². The van der Waals surface area contributed by atoms with Gasteiger partial charge in [-0.05, 0) is 36.8 Å². The molecule has 1 aromatic heterocycles. The molecule has 5 heteroatoms. The normalized spacial score (nSPS) is 10.0. The van der Waals surface area contributed by atoms with E-state index in [4.69, 9.17) is 9.47 Å². The Morgan fingerprint density at radius 1 is 1.19 bits per heavy atom. The quantitative estimate of drug-likeness (QED) is 0.917. The summed E-state index contributed by atoms with van der Waals surface area (Å²) in [5, 5.41) is 2.85. The second-order valence-corrected chi connectivity index (χ2v) is 4.55. The number of pyridine rings is 1. The Kier molecular flexibility index (Phi) is 4.77. The molecular weight excluding hydrogens is 268 g/mol. The van der Waals surface area contributed by atoms with E-state index in [2.05, 4.69) is 10.3 Å². The number of anilines is 1. The van der Waals surface area contributed by atoms with Crippen LogP contribution in [0.4, 0.5) is 5.69 Å². The number of hydrogen-bond acceptors (Lipinski definition) is 4. The Balaban J connectivity index is 2.08. The Bertz CT molecular complexity index is 641. The van der Waals surface area contributed by atoms with Crippen LogP contribution in [-0.2, 0) is 11.2 Å². The van der Waals surface area contributed by atoms with Crippen LogP contribution in [0.5, 0.6) is 11.5 Å². The summed E-state index contributed by atoms with van der Waals surface area (Å²) in [5.41, 5.74) is 2.37. The molecule has 2 rings (SSSR count). The van der Waals surface area contributed by atoms with Crippen LogP contribution in [0.2, 0.25) is 0 Å². The average molecular weight is 286 g/mol. The first-order valence-corrected chi connectivity index (χ1v) is 6.56. The van der Waals surface area contributed by atoms with Crippen LogP contribution in [0.15, 0.2) is 36.5 Å². The number of nitrogens with zero attached hydrogens (tertiary/aromatic N) is 1. The van der Waals surface area contributed by atoms with E-state index in [1.54, 1.807) is 38.6 Å². The van der Waals surface area contributed by atoms with Crippen molar-refractivity contribution < 1.29 is 14.3 Å². The third-order valence-corrected chi connectivity index (χ3v) is 3.09. The van der Waals surface area contributed by atoms with Gasteiger partial charge in [-0.2, -0.15) is 0 Å². The number of hydrogen-bond donors (Lipinski definition) is 1. The number of aryl methyl sites for hydroxylation is 1. The largest absolute Gasteiger partial charge is 0.493 e. The summed E-state index contributed by atoms with van der Waals surface area (Å²) >= 11 is 0.